The van der Waals surface area contributed by atoms with Gasteiger partial charge in [0.1, 0.15) is 18.2 Å². The first-order chi connectivity index (χ1) is 16.1. The van der Waals surface area contributed by atoms with Gasteiger partial charge in [0.25, 0.3) is 0 Å². The van der Waals surface area contributed by atoms with Gasteiger partial charge >= 0.3 is 6.09 Å². The van der Waals surface area contributed by atoms with Gasteiger partial charge in [-0.25, -0.2) is 13.6 Å². The third-order valence-electron chi connectivity index (χ3n) is 6.21. The highest BCUT2D eigenvalue weighted by molar-refractivity contribution is 5.85. The maximum absolute atomic E-state index is 14.4. The number of nitrogens with two attached hydrogens (primary N) is 1. The number of hydrogen-bond acceptors (Lipinski definition) is 4. The molecular formula is C26H34ClF2N3O3. The van der Waals surface area contributed by atoms with Gasteiger partial charge in [0.15, 0.2) is 0 Å². The first kappa shape index (κ1) is 28.5. The number of likely N-dealkylation sites (tertiary alicyclic amines) is 1. The van der Waals surface area contributed by atoms with Crippen LogP contribution in [0.5, 0.6) is 0 Å². The van der Waals surface area contributed by atoms with E-state index >= 15 is 0 Å². The van der Waals surface area contributed by atoms with E-state index in [1.54, 1.807) is 4.90 Å². The van der Waals surface area contributed by atoms with Crippen LogP contribution in [-0.4, -0.2) is 47.0 Å². The van der Waals surface area contributed by atoms with E-state index in [1.807, 2.05) is 51.1 Å². The number of benzene rings is 2. The molecule has 0 unspecified atom stereocenters. The van der Waals surface area contributed by atoms with Gasteiger partial charge in [-0.2, -0.15) is 0 Å². The smallest absolute Gasteiger partial charge is 0.410 e. The van der Waals surface area contributed by atoms with Gasteiger partial charge in [0, 0.05) is 30.8 Å². The van der Waals surface area contributed by atoms with E-state index in [0.717, 1.165) is 11.6 Å². The topological polar surface area (TPSA) is 75.9 Å². The van der Waals surface area contributed by atoms with Crippen molar-refractivity contribution < 1.29 is 23.1 Å². The van der Waals surface area contributed by atoms with E-state index < -0.39 is 23.8 Å². The molecule has 0 bridgehead atoms. The summed E-state index contributed by atoms with van der Waals surface area (Å²) < 4.78 is 33.3. The van der Waals surface area contributed by atoms with Crippen molar-refractivity contribution in [3.05, 3.63) is 71.3 Å². The normalized spacial score (nSPS) is 15.2. The fourth-order valence-electron chi connectivity index (χ4n) is 3.94. The van der Waals surface area contributed by atoms with Gasteiger partial charge < -0.3 is 20.3 Å². The van der Waals surface area contributed by atoms with Gasteiger partial charge in [-0.15, -0.1) is 12.4 Å². The quantitative estimate of drug-likeness (QED) is 0.601. The zero-order valence-electron chi connectivity index (χ0n) is 20.4. The van der Waals surface area contributed by atoms with Gasteiger partial charge in [0.05, 0.1) is 12.6 Å². The minimum absolute atomic E-state index is 0. The molecule has 1 atom stereocenters. The van der Waals surface area contributed by atoms with E-state index in [4.69, 9.17) is 10.5 Å². The van der Waals surface area contributed by atoms with Crippen LogP contribution in [0.2, 0.25) is 0 Å². The molecule has 2 aromatic rings. The standard InChI is InChI=1S/C26H33F2N3O3.ClH/c1-26(2,3)23(29)24(32)30-13-11-21(12-14-30)31(16-19-9-10-20(27)15-22(19)28)25(33)34-17-18-7-5-4-6-8-18;/h4-10,15,21,23H,11-14,16-17,29H2,1-3H3;1H/t23-;/m1./s1. The highest BCUT2D eigenvalue weighted by atomic mass is 35.5. The number of amides is 2. The van der Waals surface area contributed by atoms with E-state index in [1.165, 1.54) is 17.0 Å². The van der Waals surface area contributed by atoms with Gasteiger partial charge in [-0.3, -0.25) is 4.79 Å². The van der Waals surface area contributed by atoms with Crippen LogP contribution in [0.1, 0.15) is 44.7 Å². The zero-order chi connectivity index (χ0) is 24.9. The maximum Gasteiger partial charge on any atom is 0.410 e. The number of nitrogens with zero attached hydrogens (tertiary/aromatic N) is 2. The van der Waals surface area contributed by atoms with Crippen LogP contribution in [0.3, 0.4) is 0 Å². The van der Waals surface area contributed by atoms with Crippen molar-refractivity contribution in [1.29, 1.82) is 0 Å². The second kappa shape index (κ2) is 12.3. The predicted molar refractivity (Wildman–Crippen MR) is 133 cm³/mol. The number of hydrogen-bond donors (Lipinski definition) is 1. The van der Waals surface area contributed by atoms with Crippen LogP contribution in [0.15, 0.2) is 48.5 Å². The second-order valence-corrected chi connectivity index (χ2v) is 9.80. The number of ether oxygens (including phenoxy) is 1. The first-order valence-corrected chi connectivity index (χ1v) is 11.5. The number of piperidine rings is 1. The zero-order valence-corrected chi connectivity index (χ0v) is 21.2. The lowest BCUT2D eigenvalue weighted by molar-refractivity contribution is -0.136. The molecule has 1 saturated heterocycles. The van der Waals surface area contributed by atoms with Crippen molar-refractivity contribution in [2.75, 3.05) is 13.1 Å². The van der Waals surface area contributed by atoms with E-state index in [-0.39, 0.29) is 48.5 Å². The lowest BCUT2D eigenvalue weighted by Gasteiger charge is -2.40. The third kappa shape index (κ3) is 7.64. The SMILES string of the molecule is CC(C)(C)[C@H](N)C(=O)N1CCC(N(Cc2ccc(F)cc2F)C(=O)OCc2ccccc2)CC1.Cl. The second-order valence-electron chi connectivity index (χ2n) is 9.80. The number of rotatable bonds is 6. The van der Waals surface area contributed by atoms with Crippen molar-refractivity contribution in [1.82, 2.24) is 9.80 Å². The number of carbonyl (C=O) groups excluding carboxylic acids is 2. The molecule has 0 radical (unpaired) electrons. The van der Waals surface area contributed by atoms with Crippen LogP contribution in [0, 0.1) is 17.0 Å². The summed E-state index contributed by atoms with van der Waals surface area (Å²) in [5.74, 6) is -1.51. The molecule has 2 N–H and O–H groups in total. The highest BCUT2D eigenvalue weighted by Crippen LogP contribution is 2.25. The highest BCUT2D eigenvalue weighted by Gasteiger charge is 2.35. The Balaban J connectivity index is 0.00000432. The average molecular weight is 510 g/mol. The number of halogens is 3. The van der Waals surface area contributed by atoms with Gasteiger partial charge in [-0.1, -0.05) is 57.2 Å². The molecule has 1 heterocycles. The number of carbonyl (C=O) groups is 2. The summed E-state index contributed by atoms with van der Waals surface area (Å²) in [6.07, 6.45) is 0.432. The summed E-state index contributed by atoms with van der Waals surface area (Å²) in [4.78, 5) is 29.1. The van der Waals surface area contributed by atoms with Crippen molar-refractivity contribution >= 4 is 24.4 Å². The Labute approximate surface area is 211 Å². The maximum atomic E-state index is 14.4. The molecule has 3 rings (SSSR count). The Bertz CT molecular complexity index is 993. The minimum Gasteiger partial charge on any atom is -0.445 e. The molecule has 0 spiro atoms. The summed E-state index contributed by atoms with van der Waals surface area (Å²) in [7, 11) is 0. The summed E-state index contributed by atoms with van der Waals surface area (Å²) >= 11 is 0. The van der Waals surface area contributed by atoms with Gasteiger partial charge in [0.2, 0.25) is 5.91 Å². The molecule has 0 aromatic heterocycles. The van der Waals surface area contributed by atoms with Crippen LogP contribution >= 0.6 is 12.4 Å². The fraction of sp³-hybridized carbons (Fsp3) is 0.462. The molecule has 9 heteroatoms. The van der Waals surface area contributed by atoms with Gasteiger partial charge in [-0.05, 0) is 29.9 Å². The largest absolute Gasteiger partial charge is 0.445 e. The minimum atomic E-state index is -0.718. The summed E-state index contributed by atoms with van der Waals surface area (Å²) in [6, 6.07) is 11.7. The fourth-order valence-corrected chi connectivity index (χ4v) is 3.94. The van der Waals surface area contributed by atoms with Crippen LogP contribution < -0.4 is 5.73 Å². The van der Waals surface area contributed by atoms with E-state index in [0.29, 0.717) is 25.9 Å². The molecule has 1 aliphatic heterocycles. The summed E-state index contributed by atoms with van der Waals surface area (Å²) in [5, 5.41) is 0. The molecule has 35 heavy (non-hydrogen) atoms. The summed E-state index contributed by atoms with van der Waals surface area (Å²) in [6.45, 7) is 6.65. The molecule has 1 fully saturated rings. The van der Waals surface area contributed by atoms with Crippen LogP contribution in [0.25, 0.3) is 0 Å². The van der Waals surface area contributed by atoms with Crippen LogP contribution in [-0.2, 0) is 22.7 Å². The molecule has 192 valence electrons. The molecule has 2 amide bonds. The van der Waals surface area contributed by atoms with Crippen LogP contribution in [0.4, 0.5) is 13.6 Å². The average Bonchev–Trinajstić information content (AvgIpc) is 2.81. The Morgan fingerprint density at radius 1 is 1.11 bits per heavy atom. The van der Waals surface area contributed by atoms with Crippen molar-refractivity contribution in [2.45, 2.75) is 58.8 Å². The molecule has 0 aliphatic carbocycles. The Hall–Kier alpha value is -2.71. The molecule has 2 aromatic carbocycles. The van der Waals surface area contributed by atoms with Crippen molar-refractivity contribution in [3.8, 4) is 0 Å². The molecular weight excluding hydrogens is 476 g/mol. The van der Waals surface area contributed by atoms with Crippen molar-refractivity contribution in [3.63, 3.8) is 0 Å². The summed E-state index contributed by atoms with van der Waals surface area (Å²) in [5.41, 5.74) is 6.82. The lowest BCUT2D eigenvalue weighted by atomic mass is 9.86. The molecule has 6 nitrogen and oxygen atoms in total. The Morgan fingerprint density at radius 3 is 2.31 bits per heavy atom. The monoisotopic (exact) mass is 509 g/mol. The first-order valence-electron chi connectivity index (χ1n) is 11.5. The Morgan fingerprint density at radius 2 is 1.74 bits per heavy atom. The predicted octanol–water partition coefficient (Wildman–Crippen LogP) is 4.89. The van der Waals surface area contributed by atoms with E-state index in [2.05, 4.69) is 0 Å². The van der Waals surface area contributed by atoms with E-state index in [9.17, 15) is 18.4 Å². The lowest BCUT2D eigenvalue weighted by Crippen LogP contribution is -2.54. The Kier molecular flexibility index (Phi) is 10.0. The molecule has 0 saturated carbocycles. The molecule has 1 aliphatic rings. The van der Waals surface area contributed by atoms with Crippen molar-refractivity contribution in [2.24, 2.45) is 11.1 Å². The third-order valence-corrected chi connectivity index (χ3v) is 6.21.